The Morgan fingerprint density at radius 1 is 1.22 bits per heavy atom. The van der Waals surface area contributed by atoms with Gasteiger partial charge in [-0.2, -0.15) is 0 Å². The van der Waals surface area contributed by atoms with Crippen molar-refractivity contribution in [3.05, 3.63) is 0 Å². The highest BCUT2D eigenvalue weighted by molar-refractivity contribution is 5.84. The maximum Gasteiger partial charge on any atom is 0.226 e. The highest BCUT2D eigenvalue weighted by Crippen LogP contribution is 2.59. The number of hydrogen-bond donors (Lipinski definition) is 2. The molecule has 5 heteroatoms. The predicted molar refractivity (Wildman–Crippen MR) is 66.9 cm³/mol. The Kier molecular flexibility index (Phi) is 3.01. The van der Waals surface area contributed by atoms with Crippen LogP contribution >= 0.6 is 0 Å². The minimum absolute atomic E-state index is 0.0673. The highest BCUT2D eigenvalue weighted by Gasteiger charge is 2.58. The van der Waals surface area contributed by atoms with E-state index in [1.165, 1.54) is 0 Å². The second kappa shape index (κ2) is 4.53. The summed E-state index contributed by atoms with van der Waals surface area (Å²) in [6.07, 6.45) is 3.78. The van der Waals surface area contributed by atoms with Crippen LogP contribution in [0.5, 0.6) is 0 Å². The SMILES string of the molecule is O=C1CCN(C(=O)C2CC23CCNCC3)CCN1. The molecule has 18 heavy (non-hydrogen) atoms. The second-order valence-corrected chi connectivity index (χ2v) is 5.79. The standard InChI is InChI=1S/C13H21N3O2/c17-11-1-7-16(8-6-15-11)12(18)10-9-13(10)2-4-14-5-3-13/h10,14H,1-9H2,(H,15,17). The van der Waals surface area contributed by atoms with Gasteiger partial charge in [-0.15, -0.1) is 0 Å². The summed E-state index contributed by atoms with van der Waals surface area (Å²) in [5.74, 6) is 0.582. The zero-order chi connectivity index (χ0) is 12.6. The molecule has 0 bridgehead atoms. The summed E-state index contributed by atoms with van der Waals surface area (Å²) >= 11 is 0. The van der Waals surface area contributed by atoms with Crippen LogP contribution in [0.1, 0.15) is 25.7 Å². The second-order valence-electron chi connectivity index (χ2n) is 5.79. The first-order chi connectivity index (χ1) is 8.71. The Morgan fingerprint density at radius 2 is 2.00 bits per heavy atom. The van der Waals surface area contributed by atoms with Gasteiger partial charge in [0.15, 0.2) is 0 Å². The largest absolute Gasteiger partial charge is 0.354 e. The third-order valence-corrected chi connectivity index (χ3v) is 4.71. The summed E-state index contributed by atoms with van der Waals surface area (Å²) < 4.78 is 0. The molecular weight excluding hydrogens is 230 g/mol. The summed E-state index contributed by atoms with van der Waals surface area (Å²) in [6.45, 7) is 3.96. The number of carbonyl (C=O) groups excluding carboxylic acids is 2. The van der Waals surface area contributed by atoms with Gasteiger partial charge in [-0.05, 0) is 37.8 Å². The molecule has 1 saturated carbocycles. The molecule has 0 aromatic rings. The van der Waals surface area contributed by atoms with Crippen molar-refractivity contribution in [3.63, 3.8) is 0 Å². The van der Waals surface area contributed by atoms with Crippen molar-refractivity contribution in [1.29, 1.82) is 0 Å². The summed E-state index contributed by atoms with van der Waals surface area (Å²) in [5.41, 5.74) is 0.298. The van der Waals surface area contributed by atoms with E-state index in [1.807, 2.05) is 4.90 Å². The molecule has 0 aromatic carbocycles. The minimum atomic E-state index is 0.0673. The molecule has 1 atom stereocenters. The molecular formula is C13H21N3O2. The number of nitrogens with zero attached hydrogens (tertiary/aromatic N) is 1. The van der Waals surface area contributed by atoms with Gasteiger partial charge in [0.1, 0.15) is 0 Å². The van der Waals surface area contributed by atoms with E-state index in [2.05, 4.69) is 10.6 Å². The van der Waals surface area contributed by atoms with Crippen LogP contribution in [0, 0.1) is 11.3 Å². The lowest BCUT2D eigenvalue weighted by molar-refractivity contribution is -0.133. The van der Waals surface area contributed by atoms with Gasteiger partial charge in [0.25, 0.3) is 0 Å². The molecule has 2 saturated heterocycles. The molecule has 0 aromatic heterocycles. The maximum absolute atomic E-state index is 12.5. The van der Waals surface area contributed by atoms with Gasteiger partial charge in [-0.25, -0.2) is 0 Å². The van der Waals surface area contributed by atoms with Crippen LogP contribution < -0.4 is 10.6 Å². The fraction of sp³-hybridized carbons (Fsp3) is 0.846. The predicted octanol–water partition coefficient (Wildman–Crippen LogP) is -0.275. The lowest BCUT2D eigenvalue weighted by Gasteiger charge is -2.26. The Morgan fingerprint density at radius 3 is 2.78 bits per heavy atom. The molecule has 2 aliphatic heterocycles. The molecule has 2 N–H and O–H groups in total. The fourth-order valence-corrected chi connectivity index (χ4v) is 3.38. The van der Waals surface area contributed by atoms with Gasteiger partial charge in [-0.3, -0.25) is 9.59 Å². The zero-order valence-corrected chi connectivity index (χ0v) is 10.7. The van der Waals surface area contributed by atoms with E-state index in [1.54, 1.807) is 0 Å². The number of rotatable bonds is 1. The van der Waals surface area contributed by atoms with Crippen molar-refractivity contribution < 1.29 is 9.59 Å². The van der Waals surface area contributed by atoms with Gasteiger partial charge in [0.2, 0.25) is 11.8 Å². The monoisotopic (exact) mass is 251 g/mol. The first-order valence-corrected chi connectivity index (χ1v) is 6.97. The Hall–Kier alpha value is -1.10. The third kappa shape index (κ3) is 2.11. The Balaban J connectivity index is 1.60. The molecule has 1 spiro atoms. The molecule has 0 radical (unpaired) electrons. The number of carbonyl (C=O) groups is 2. The smallest absolute Gasteiger partial charge is 0.226 e. The zero-order valence-electron chi connectivity index (χ0n) is 10.7. The van der Waals surface area contributed by atoms with Crippen molar-refractivity contribution in [1.82, 2.24) is 15.5 Å². The summed E-state index contributed by atoms with van der Waals surface area (Å²) in [5, 5.41) is 6.17. The van der Waals surface area contributed by atoms with Crippen LogP contribution in [-0.4, -0.2) is 49.4 Å². The van der Waals surface area contributed by atoms with Gasteiger partial charge in [0, 0.05) is 32.0 Å². The highest BCUT2D eigenvalue weighted by atomic mass is 16.2. The van der Waals surface area contributed by atoms with Crippen LogP contribution in [0.3, 0.4) is 0 Å². The molecule has 3 aliphatic rings. The lowest BCUT2D eigenvalue weighted by Crippen LogP contribution is -2.38. The van der Waals surface area contributed by atoms with Crippen molar-refractivity contribution in [2.75, 3.05) is 32.7 Å². The Labute approximate surface area is 107 Å². The van der Waals surface area contributed by atoms with Crippen LogP contribution in [0.25, 0.3) is 0 Å². The average Bonchev–Trinajstić information content (AvgIpc) is 3.10. The van der Waals surface area contributed by atoms with E-state index in [0.29, 0.717) is 31.5 Å². The number of amides is 2. The maximum atomic E-state index is 12.5. The average molecular weight is 251 g/mol. The van der Waals surface area contributed by atoms with E-state index in [0.717, 1.165) is 32.4 Å². The number of nitrogens with one attached hydrogen (secondary N) is 2. The normalized spacial score (nSPS) is 30.8. The van der Waals surface area contributed by atoms with Crippen molar-refractivity contribution >= 4 is 11.8 Å². The van der Waals surface area contributed by atoms with Gasteiger partial charge in [0.05, 0.1) is 0 Å². The fourth-order valence-electron chi connectivity index (χ4n) is 3.38. The summed E-state index contributed by atoms with van der Waals surface area (Å²) in [6, 6.07) is 0. The van der Waals surface area contributed by atoms with Crippen molar-refractivity contribution in [3.8, 4) is 0 Å². The molecule has 2 amide bonds. The van der Waals surface area contributed by atoms with Gasteiger partial charge in [-0.1, -0.05) is 0 Å². The summed E-state index contributed by atoms with van der Waals surface area (Å²) in [4.78, 5) is 25.6. The van der Waals surface area contributed by atoms with E-state index in [4.69, 9.17) is 0 Å². The van der Waals surface area contributed by atoms with E-state index in [9.17, 15) is 9.59 Å². The van der Waals surface area contributed by atoms with Gasteiger partial charge < -0.3 is 15.5 Å². The first-order valence-electron chi connectivity index (χ1n) is 6.97. The topological polar surface area (TPSA) is 61.4 Å². The molecule has 5 nitrogen and oxygen atoms in total. The van der Waals surface area contributed by atoms with E-state index in [-0.39, 0.29) is 17.7 Å². The molecule has 3 fully saturated rings. The van der Waals surface area contributed by atoms with E-state index >= 15 is 0 Å². The Bertz CT molecular complexity index is 363. The summed E-state index contributed by atoms with van der Waals surface area (Å²) in [7, 11) is 0. The van der Waals surface area contributed by atoms with Gasteiger partial charge >= 0.3 is 0 Å². The molecule has 1 aliphatic carbocycles. The van der Waals surface area contributed by atoms with Crippen LogP contribution in [-0.2, 0) is 9.59 Å². The minimum Gasteiger partial charge on any atom is -0.354 e. The molecule has 100 valence electrons. The molecule has 3 rings (SSSR count). The van der Waals surface area contributed by atoms with Crippen molar-refractivity contribution in [2.24, 2.45) is 11.3 Å². The molecule has 2 heterocycles. The number of piperidine rings is 1. The van der Waals surface area contributed by atoms with Crippen LogP contribution in [0.15, 0.2) is 0 Å². The number of hydrogen-bond acceptors (Lipinski definition) is 3. The third-order valence-electron chi connectivity index (χ3n) is 4.71. The lowest BCUT2D eigenvalue weighted by atomic mass is 9.91. The first kappa shape index (κ1) is 12.0. The van der Waals surface area contributed by atoms with Crippen molar-refractivity contribution in [2.45, 2.75) is 25.7 Å². The molecule has 1 unspecified atom stereocenters. The van der Waals surface area contributed by atoms with Crippen LogP contribution in [0.2, 0.25) is 0 Å². The van der Waals surface area contributed by atoms with Crippen LogP contribution in [0.4, 0.5) is 0 Å². The quantitative estimate of drug-likeness (QED) is 0.674. The van der Waals surface area contributed by atoms with E-state index < -0.39 is 0 Å².